The van der Waals surface area contributed by atoms with Crippen molar-refractivity contribution in [3.8, 4) is 0 Å². The molecule has 0 bridgehead atoms. The van der Waals surface area contributed by atoms with Gasteiger partial charge in [-0.05, 0) is 24.6 Å². The van der Waals surface area contributed by atoms with Gasteiger partial charge in [0.15, 0.2) is 0 Å². The van der Waals surface area contributed by atoms with Crippen LogP contribution in [0.2, 0.25) is 0 Å². The molecule has 1 rings (SSSR count). The van der Waals surface area contributed by atoms with Gasteiger partial charge in [0.2, 0.25) is 5.91 Å². The van der Waals surface area contributed by atoms with Crippen molar-refractivity contribution in [1.82, 2.24) is 5.32 Å². The first-order valence-electron chi connectivity index (χ1n) is 5.65. The Morgan fingerprint density at radius 1 is 1.30 bits per heavy atom. The molecule has 0 aliphatic rings. The Morgan fingerprint density at radius 3 is 2.50 bits per heavy atom. The molecular weight excluding hydrogens is 341 g/mol. The van der Waals surface area contributed by atoms with Crippen LogP contribution in [0.25, 0.3) is 0 Å². The van der Waals surface area contributed by atoms with Gasteiger partial charge in [0.1, 0.15) is 0 Å². The van der Waals surface area contributed by atoms with E-state index >= 15 is 0 Å². The molecule has 110 valence electrons. The van der Waals surface area contributed by atoms with E-state index in [0.29, 0.717) is 0 Å². The molecule has 0 unspecified atom stereocenters. The lowest BCUT2D eigenvalue weighted by atomic mass is 10.1. The lowest BCUT2D eigenvalue weighted by Gasteiger charge is -2.13. The van der Waals surface area contributed by atoms with Crippen molar-refractivity contribution >= 4 is 27.7 Å². The van der Waals surface area contributed by atoms with E-state index in [1.165, 1.54) is 6.07 Å². The smallest absolute Gasteiger partial charge is 0.370 e. The Kier molecular flexibility index (Phi) is 5.55. The van der Waals surface area contributed by atoms with Gasteiger partial charge in [-0.3, -0.25) is 9.59 Å². The highest BCUT2D eigenvalue weighted by atomic mass is 79.9. The van der Waals surface area contributed by atoms with Crippen LogP contribution in [0.4, 0.5) is 13.2 Å². The summed E-state index contributed by atoms with van der Waals surface area (Å²) in [4.78, 5) is 22.2. The largest absolute Gasteiger partial charge is 0.417 e. The zero-order valence-electron chi connectivity index (χ0n) is 10.3. The Morgan fingerprint density at radius 2 is 1.95 bits per heavy atom. The van der Waals surface area contributed by atoms with E-state index in [0.717, 1.165) is 12.1 Å². The van der Waals surface area contributed by atoms with Gasteiger partial charge in [-0.1, -0.05) is 15.9 Å². The lowest BCUT2D eigenvalue weighted by molar-refractivity contribution is -0.138. The second-order valence-corrected chi connectivity index (χ2v) is 4.93. The van der Waals surface area contributed by atoms with Crippen molar-refractivity contribution in [3.05, 3.63) is 33.8 Å². The number of hydrogen-bond donors (Lipinski definition) is 2. The van der Waals surface area contributed by atoms with Crippen molar-refractivity contribution in [1.29, 1.82) is 0 Å². The SMILES string of the molecule is NC(=O)CCCNC(=O)c1ccc(Br)cc1C(F)(F)F. The van der Waals surface area contributed by atoms with E-state index in [1.54, 1.807) is 0 Å². The van der Waals surface area contributed by atoms with Crippen LogP contribution in [0.1, 0.15) is 28.8 Å². The van der Waals surface area contributed by atoms with E-state index < -0.39 is 29.1 Å². The molecule has 0 fully saturated rings. The molecule has 0 radical (unpaired) electrons. The number of rotatable bonds is 5. The van der Waals surface area contributed by atoms with Gasteiger partial charge >= 0.3 is 6.18 Å². The summed E-state index contributed by atoms with van der Waals surface area (Å²) in [7, 11) is 0. The molecule has 2 amide bonds. The molecule has 0 aromatic heterocycles. The van der Waals surface area contributed by atoms with Crippen LogP contribution in [-0.2, 0) is 11.0 Å². The standard InChI is InChI=1S/C12H12BrF3N2O2/c13-7-3-4-8(9(6-7)12(14,15)16)11(20)18-5-1-2-10(17)19/h3-4,6H,1-2,5H2,(H2,17,19)(H,18,20). The van der Waals surface area contributed by atoms with Gasteiger partial charge in [-0.15, -0.1) is 0 Å². The normalized spacial score (nSPS) is 11.2. The number of hydrogen-bond acceptors (Lipinski definition) is 2. The van der Waals surface area contributed by atoms with Crippen LogP contribution in [0, 0.1) is 0 Å². The molecule has 0 saturated carbocycles. The van der Waals surface area contributed by atoms with Crippen LogP contribution in [0.15, 0.2) is 22.7 Å². The number of carbonyl (C=O) groups excluding carboxylic acids is 2. The number of halogens is 4. The molecule has 1 aromatic rings. The molecule has 0 aliphatic carbocycles. The summed E-state index contributed by atoms with van der Waals surface area (Å²) in [5.41, 5.74) is 3.44. The second-order valence-electron chi connectivity index (χ2n) is 4.01. The van der Waals surface area contributed by atoms with Crippen LogP contribution < -0.4 is 11.1 Å². The summed E-state index contributed by atoms with van der Waals surface area (Å²) in [5, 5.41) is 2.32. The van der Waals surface area contributed by atoms with E-state index in [4.69, 9.17) is 5.73 Å². The van der Waals surface area contributed by atoms with Crippen LogP contribution >= 0.6 is 15.9 Å². The average molecular weight is 353 g/mol. The summed E-state index contributed by atoms with van der Waals surface area (Å²) in [6.07, 6.45) is -4.28. The highest BCUT2D eigenvalue weighted by Crippen LogP contribution is 2.33. The maximum absolute atomic E-state index is 12.8. The number of nitrogens with one attached hydrogen (secondary N) is 1. The highest BCUT2D eigenvalue weighted by molar-refractivity contribution is 9.10. The third-order valence-corrected chi connectivity index (χ3v) is 2.91. The zero-order valence-corrected chi connectivity index (χ0v) is 11.8. The van der Waals surface area contributed by atoms with E-state index in [2.05, 4.69) is 21.2 Å². The quantitative estimate of drug-likeness (QED) is 0.799. The van der Waals surface area contributed by atoms with Gasteiger partial charge in [0, 0.05) is 17.4 Å². The molecule has 0 aliphatic heterocycles. The number of benzene rings is 1. The van der Waals surface area contributed by atoms with E-state index in [-0.39, 0.29) is 23.9 Å². The molecule has 0 atom stereocenters. The van der Waals surface area contributed by atoms with Gasteiger partial charge in [-0.25, -0.2) is 0 Å². The average Bonchev–Trinajstić information content (AvgIpc) is 2.33. The fourth-order valence-corrected chi connectivity index (χ4v) is 1.87. The Labute approximate surface area is 121 Å². The van der Waals surface area contributed by atoms with Crippen molar-refractivity contribution in [2.45, 2.75) is 19.0 Å². The zero-order chi connectivity index (χ0) is 15.3. The maximum atomic E-state index is 12.8. The summed E-state index contributed by atoms with van der Waals surface area (Å²) < 4.78 is 38.7. The topological polar surface area (TPSA) is 72.2 Å². The number of nitrogens with two attached hydrogens (primary N) is 1. The van der Waals surface area contributed by atoms with Crippen LogP contribution in [-0.4, -0.2) is 18.4 Å². The first kappa shape index (κ1) is 16.5. The van der Waals surface area contributed by atoms with Crippen molar-refractivity contribution in [2.75, 3.05) is 6.54 Å². The summed E-state index contributed by atoms with van der Waals surface area (Å²) >= 11 is 2.93. The monoisotopic (exact) mass is 352 g/mol. The highest BCUT2D eigenvalue weighted by Gasteiger charge is 2.35. The molecule has 3 N–H and O–H groups in total. The maximum Gasteiger partial charge on any atom is 0.417 e. The van der Waals surface area contributed by atoms with Crippen LogP contribution in [0.5, 0.6) is 0 Å². The van der Waals surface area contributed by atoms with Crippen molar-refractivity contribution in [2.24, 2.45) is 5.73 Å². The minimum Gasteiger partial charge on any atom is -0.370 e. The Hall–Kier alpha value is -1.57. The third-order valence-electron chi connectivity index (χ3n) is 2.42. The minimum absolute atomic E-state index is 0.0622. The van der Waals surface area contributed by atoms with E-state index in [1.807, 2.05) is 0 Å². The lowest BCUT2D eigenvalue weighted by Crippen LogP contribution is -2.28. The first-order chi connectivity index (χ1) is 9.21. The Balaban J connectivity index is 2.80. The van der Waals surface area contributed by atoms with Crippen molar-refractivity contribution in [3.63, 3.8) is 0 Å². The molecule has 0 spiro atoms. The second kappa shape index (κ2) is 6.74. The summed E-state index contributed by atoms with van der Waals surface area (Å²) in [6.45, 7) is 0.0785. The molecule has 8 heteroatoms. The molecule has 1 aromatic carbocycles. The van der Waals surface area contributed by atoms with Gasteiger partial charge in [-0.2, -0.15) is 13.2 Å². The number of amides is 2. The van der Waals surface area contributed by atoms with Gasteiger partial charge < -0.3 is 11.1 Å². The minimum atomic E-state index is -4.62. The molecule has 0 heterocycles. The predicted octanol–water partition coefficient (Wildman–Crippen LogP) is 2.46. The van der Waals surface area contributed by atoms with Gasteiger partial charge in [0.05, 0.1) is 11.1 Å². The molecule has 0 saturated heterocycles. The molecular formula is C12H12BrF3N2O2. The van der Waals surface area contributed by atoms with Crippen molar-refractivity contribution < 1.29 is 22.8 Å². The summed E-state index contributed by atoms with van der Waals surface area (Å²) in [6, 6.07) is 3.29. The third kappa shape index (κ3) is 4.84. The number of carbonyl (C=O) groups is 2. The van der Waals surface area contributed by atoms with Crippen LogP contribution in [0.3, 0.4) is 0 Å². The van der Waals surface area contributed by atoms with Gasteiger partial charge in [0.25, 0.3) is 5.91 Å². The molecule has 20 heavy (non-hydrogen) atoms. The molecule has 4 nitrogen and oxygen atoms in total. The predicted molar refractivity (Wildman–Crippen MR) is 69.9 cm³/mol. The fraction of sp³-hybridized carbons (Fsp3) is 0.333. The summed E-state index contributed by atoms with van der Waals surface area (Å²) in [5.74, 6) is -1.37. The number of primary amides is 1. The fourth-order valence-electron chi connectivity index (χ4n) is 1.51. The number of alkyl halides is 3. The Bertz CT molecular complexity index is 518. The van der Waals surface area contributed by atoms with E-state index in [9.17, 15) is 22.8 Å². The first-order valence-corrected chi connectivity index (χ1v) is 6.44.